The number of rotatable bonds is 4. The van der Waals surface area contributed by atoms with Crippen molar-refractivity contribution in [3.05, 3.63) is 16.5 Å². The zero-order valence-corrected chi connectivity index (χ0v) is 13.2. The molecule has 5 nitrogen and oxygen atoms in total. The molecule has 0 radical (unpaired) electrons. The molecule has 0 saturated carbocycles. The van der Waals surface area contributed by atoms with E-state index >= 15 is 0 Å². The molecule has 2 saturated heterocycles. The van der Waals surface area contributed by atoms with Gasteiger partial charge in [-0.2, -0.15) is 0 Å². The number of carbonyl (C=O) groups is 1. The van der Waals surface area contributed by atoms with E-state index in [2.05, 4.69) is 27.2 Å². The van der Waals surface area contributed by atoms with Crippen LogP contribution in [-0.2, 0) is 0 Å². The van der Waals surface area contributed by atoms with E-state index in [4.69, 9.17) is 11.6 Å². The highest BCUT2D eigenvalue weighted by Gasteiger charge is 2.38. The molecule has 1 N–H and O–H groups in total. The average Bonchev–Trinajstić information content (AvgIpc) is 2.67. The summed E-state index contributed by atoms with van der Waals surface area (Å²) in [6.07, 6.45) is 5.79. The summed E-state index contributed by atoms with van der Waals surface area (Å²) < 4.78 is 0. The van der Waals surface area contributed by atoms with Crippen molar-refractivity contribution in [3.8, 4) is 0 Å². The van der Waals surface area contributed by atoms with E-state index in [-0.39, 0.29) is 5.15 Å². The number of aldehydes is 1. The van der Waals surface area contributed by atoms with Crippen LogP contribution >= 0.6 is 11.6 Å². The van der Waals surface area contributed by atoms with E-state index in [1.54, 1.807) is 6.92 Å². The number of carbonyl (C=O) groups excluding carboxylic acids is 1. The second-order valence-corrected chi connectivity index (χ2v) is 6.57. The van der Waals surface area contributed by atoms with Crippen LogP contribution in [0.5, 0.6) is 0 Å². The van der Waals surface area contributed by atoms with Crippen LogP contribution in [-0.4, -0.2) is 46.8 Å². The predicted octanol–water partition coefficient (Wildman–Crippen LogP) is 2.54. The molecule has 2 bridgehead atoms. The highest BCUT2D eigenvalue weighted by Crippen LogP contribution is 2.37. The van der Waals surface area contributed by atoms with Crippen LogP contribution in [0.25, 0.3) is 0 Å². The van der Waals surface area contributed by atoms with E-state index in [1.807, 2.05) is 0 Å². The van der Waals surface area contributed by atoms with E-state index < -0.39 is 0 Å². The van der Waals surface area contributed by atoms with Crippen LogP contribution in [0.2, 0.25) is 5.15 Å². The van der Waals surface area contributed by atoms with Gasteiger partial charge in [0.15, 0.2) is 6.29 Å². The van der Waals surface area contributed by atoms with Crippen molar-refractivity contribution in [2.45, 2.75) is 44.7 Å². The first-order valence-electron chi connectivity index (χ1n) is 7.53. The zero-order chi connectivity index (χ0) is 15.0. The quantitative estimate of drug-likeness (QED) is 0.684. The van der Waals surface area contributed by atoms with Gasteiger partial charge >= 0.3 is 0 Å². The van der Waals surface area contributed by atoms with E-state index in [0.717, 1.165) is 24.9 Å². The summed E-state index contributed by atoms with van der Waals surface area (Å²) in [4.78, 5) is 22.0. The Kier molecular flexibility index (Phi) is 4.13. The second-order valence-electron chi connectivity index (χ2n) is 6.21. The Labute approximate surface area is 130 Å². The van der Waals surface area contributed by atoms with Crippen LogP contribution in [0.1, 0.15) is 41.9 Å². The molecule has 1 aromatic heterocycles. The summed E-state index contributed by atoms with van der Waals surface area (Å²) in [5, 5.41) is 3.54. The molecule has 2 atom stereocenters. The summed E-state index contributed by atoms with van der Waals surface area (Å²) >= 11 is 6.00. The molecule has 6 heteroatoms. The van der Waals surface area contributed by atoms with Crippen molar-refractivity contribution in [2.24, 2.45) is 5.92 Å². The maximum absolute atomic E-state index is 11.2. The highest BCUT2D eigenvalue weighted by molar-refractivity contribution is 6.32. The molecular formula is C15H21ClN4O. The van der Waals surface area contributed by atoms with Gasteiger partial charge in [-0.3, -0.25) is 4.79 Å². The van der Waals surface area contributed by atoms with Gasteiger partial charge in [0.05, 0.1) is 5.56 Å². The number of halogens is 1. The number of aryl methyl sites for hydroxylation is 1. The Hall–Kier alpha value is -1.20. The zero-order valence-electron chi connectivity index (χ0n) is 12.5. The summed E-state index contributed by atoms with van der Waals surface area (Å²) in [6.45, 7) is 2.62. The Morgan fingerprint density at radius 2 is 2.00 bits per heavy atom. The number of anilines is 1. The SMILES string of the molecule is Cc1nc(Cl)c(C=O)c(NCC2CC3CCC(C2)N3C)n1. The maximum atomic E-state index is 11.2. The van der Waals surface area contributed by atoms with Gasteiger partial charge in [-0.1, -0.05) is 11.6 Å². The minimum atomic E-state index is 0.225. The van der Waals surface area contributed by atoms with Crippen molar-refractivity contribution in [3.63, 3.8) is 0 Å². The fourth-order valence-corrected chi connectivity index (χ4v) is 3.97. The van der Waals surface area contributed by atoms with Crippen LogP contribution in [0.15, 0.2) is 0 Å². The van der Waals surface area contributed by atoms with Gasteiger partial charge in [-0.15, -0.1) is 0 Å². The first-order valence-corrected chi connectivity index (χ1v) is 7.91. The lowest BCUT2D eigenvalue weighted by Crippen LogP contribution is -2.41. The van der Waals surface area contributed by atoms with Crippen LogP contribution in [0.4, 0.5) is 5.82 Å². The largest absolute Gasteiger partial charge is 0.369 e. The Bertz CT molecular complexity index is 537. The molecule has 0 amide bonds. The molecule has 1 aromatic rings. The minimum absolute atomic E-state index is 0.225. The molecule has 3 heterocycles. The van der Waals surface area contributed by atoms with E-state index in [9.17, 15) is 4.79 Å². The molecule has 2 aliphatic rings. The van der Waals surface area contributed by atoms with Gasteiger partial charge in [0.2, 0.25) is 0 Å². The molecular weight excluding hydrogens is 288 g/mol. The van der Waals surface area contributed by atoms with Gasteiger partial charge in [-0.05, 0) is 45.6 Å². The van der Waals surface area contributed by atoms with Crippen LogP contribution in [0.3, 0.4) is 0 Å². The molecule has 0 aromatic carbocycles. The lowest BCUT2D eigenvalue weighted by atomic mass is 9.91. The van der Waals surface area contributed by atoms with Crippen molar-refractivity contribution >= 4 is 23.7 Å². The van der Waals surface area contributed by atoms with E-state index in [1.165, 1.54) is 25.7 Å². The minimum Gasteiger partial charge on any atom is -0.369 e. The molecule has 2 fully saturated rings. The third kappa shape index (κ3) is 2.90. The first-order chi connectivity index (χ1) is 10.1. The Balaban J connectivity index is 1.67. The van der Waals surface area contributed by atoms with Gasteiger partial charge in [0.25, 0.3) is 0 Å². The summed E-state index contributed by atoms with van der Waals surface area (Å²) in [6, 6.07) is 1.44. The van der Waals surface area contributed by atoms with Crippen LogP contribution < -0.4 is 5.32 Å². The number of nitrogens with one attached hydrogen (secondary N) is 1. The van der Waals surface area contributed by atoms with Crippen molar-refractivity contribution < 1.29 is 4.79 Å². The number of hydrogen-bond acceptors (Lipinski definition) is 5. The van der Waals surface area contributed by atoms with Crippen LogP contribution in [0, 0.1) is 12.8 Å². The number of piperidine rings is 1. The lowest BCUT2D eigenvalue weighted by molar-refractivity contribution is 0.112. The number of hydrogen-bond donors (Lipinski definition) is 1. The highest BCUT2D eigenvalue weighted by atomic mass is 35.5. The number of fused-ring (bicyclic) bond motifs is 2. The standard InChI is InChI=1S/C15H21ClN4O/c1-9-18-14(16)13(8-21)15(19-9)17-7-10-5-11-3-4-12(6-10)20(11)2/h8,10-12H,3-7H2,1-2H3,(H,17,18,19). The molecule has 2 unspecified atom stereocenters. The molecule has 21 heavy (non-hydrogen) atoms. The molecule has 3 rings (SSSR count). The van der Waals surface area contributed by atoms with Gasteiger partial charge in [0.1, 0.15) is 16.8 Å². The lowest BCUT2D eigenvalue weighted by Gasteiger charge is -2.36. The normalized spacial score (nSPS) is 28.6. The topological polar surface area (TPSA) is 58.1 Å². The van der Waals surface area contributed by atoms with Gasteiger partial charge in [0, 0.05) is 18.6 Å². The summed E-state index contributed by atoms with van der Waals surface area (Å²) in [5.74, 6) is 1.78. The van der Waals surface area contributed by atoms with Crippen molar-refractivity contribution in [1.82, 2.24) is 14.9 Å². The average molecular weight is 309 g/mol. The van der Waals surface area contributed by atoms with Crippen molar-refractivity contribution in [1.29, 1.82) is 0 Å². The fourth-order valence-electron chi connectivity index (χ4n) is 3.72. The van der Waals surface area contributed by atoms with E-state index in [0.29, 0.717) is 23.1 Å². The van der Waals surface area contributed by atoms with Gasteiger partial charge in [-0.25, -0.2) is 9.97 Å². The maximum Gasteiger partial charge on any atom is 0.156 e. The molecule has 2 aliphatic heterocycles. The van der Waals surface area contributed by atoms with Crippen molar-refractivity contribution in [2.75, 3.05) is 18.9 Å². The molecule has 0 aliphatic carbocycles. The summed E-state index contributed by atoms with van der Waals surface area (Å²) in [7, 11) is 2.24. The Morgan fingerprint density at radius 1 is 1.33 bits per heavy atom. The predicted molar refractivity (Wildman–Crippen MR) is 83.0 cm³/mol. The first kappa shape index (κ1) is 14.7. The second kappa shape index (κ2) is 5.89. The fraction of sp³-hybridized carbons (Fsp3) is 0.667. The Morgan fingerprint density at radius 3 is 2.62 bits per heavy atom. The third-order valence-electron chi connectivity index (χ3n) is 4.88. The number of aromatic nitrogens is 2. The molecule has 114 valence electrons. The third-order valence-corrected chi connectivity index (χ3v) is 5.17. The number of nitrogens with zero attached hydrogens (tertiary/aromatic N) is 3. The molecule has 0 spiro atoms. The monoisotopic (exact) mass is 308 g/mol. The smallest absolute Gasteiger partial charge is 0.156 e. The van der Waals surface area contributed by atoms with Gasteiger partial charge < -0.3 is 10.2 Å². The summed E-state index contributed by atoms with van der Waals surface area (Å²) in [5.41, 5.74) is 0.359.